The summed E-state index contributed by atoms with van der Waals surface area (Å²) in [6, 6.07) is 20.1. The van der Waals surface area contributed by atoms with E-state index < -0.39 is 10.0 Å². The lowest BCUT2D eigenvalue weighted by molar-refractivity contribution is -0.123. The number of nitrogens with one attached hydrogen (secondary N) is 2. The first-order chi connectivity index (χ1) is 14.3. The summed E-state index contributed by atoms with van der Waals surface area (Å²) in [5.74, 6) is 0.127. The van der Waals surface area contributed by atoms with E-state index in [-0.39, 0.29) is 17.4 Å². The van der Waals surface area contributed by atoms with Crippen LogP contribution in [-0.2, 0) is 21.4 Å². The molecule has 0 bridgehead atoms. The van der Waals surface area contributed by atoms with Crippen molar-refractivity contribution in [3.8, 4) is 5.75 Å². The molecule has 0 radical (unpaired) electrons. The summed E-state index contributed by atoms with van der Waals surface area (Å²) >= 11 is 5.81. The molecule has 30 heavy (non-hydrogen) atoms. The third kappa shape index (κ3) is 6.23. The van der Waals surface area contributed by atoms with Gasteiger partial charge in [-0.1, -0.05) is 41.4 Å². The molecule has 2 N–H and O–H groups in total. The average molecular weight is 445 g/mol. The van der Waals surface area contributed by atoms with Crippen molar-refractivity contribution in [2.24, 2.45) is 0 Å². The molecule has 0 spiro atoms. The fourth-order valence-corrected chi connectivity index (χ4v) is 3.74. The number of carbonyl (C=O) groups is 1. The number of aryl methyl sites for hydroxylation is 1. The highest BCUT2D eigenvalue weighted by molar-refractivity contribution is 7.92. The van der Waals surface area contributed by atoms with Gasteiger partial charge in [-0.3, -0.25) is 9.52 Å². The fourth-order valence-electron chi connectivity index (χ4n) is 2.55. The molecule has 0 aliphatic rings. The topological polar surface area (TPSA) is 84.5 Å². The van der Waals surface area contributed by atoms with Crippen molar-refractivity contribution < 1.29 is 17.9 Å². The normalized spacial score (nSPS) is 11.0. The Hall–Kier alpha value is -3.03. The Balaban J connectivity index is 1.51. The highest BCUT2D eigenvalue weighted by Gasteiger charge is 2.14. The van der Waals surface area contributed by atoms with Crippen molar-refractivity contribution in [1.29, 1.82) is 0 Å². The van der Waals surface area contributed by atoms with E-state index in [9.17, 15) is 13.2 Å². The van der Waals surface area contributed by atoms with Gasteiger partial charge in [-0.2, -0.15) is 0 Å². The van der Waals surface area contributed by atoms with Crippen LogP contribution in [0.25, 0.3) is 0 Å². The maximum atomic E-state index is 12.5. The number of rotatable bonds is 8. The molecule has 0 unspecified atom stereocenters. The van der Waals surface area contributed by atoms with Gasteiger partial charge in [-0.15, -0.1) is 0 Å². The first-order valence-corrected chi connectivity index (χ1v) is 11.0. The first-order valence-electron chi connectivity index (χ1n) is 9.15. The lowest BCUT2D eigenvalue weighted by Gasteiger charge is -2.10. The van der Waals surface area contributed by atoms with Crippen molar-refractivity contribution in [3.05, 3.63) is 88.9 Å². The monoisotopic (exact) mass is 444 g/mol. The Kier molecular flexibility index (Phi) is 6.97. The molecular formula is C22H21ClN2O4S. The number of anilines is 1. The summed E-state index contributed by atoms with van der Waals surface area (Å²) in [6.07, 6.45) is 0. The molecule has 0 aliphatic heterocycles. The summed E-state index contributed by atoms with van der Waals surface area (Å²) in [5, 5.41) is 3.29. The van der Waals surface area contributed by atoms with Crippen LogP contribution in [0.5, 0.6) is 5.75 Å². The number of amides is 1. The van der Waals surface area contributed by atoms with Crippen molar-refractivity contribution in [1.82, 2.24) is 5.32 Å². The fraction of sp³-hybridized carbons (Fsp3) is 0.136. The number of halogens is 1. The lowest BCUT2D eigenvalue weighted by atomic mass is 10.1. The summed E-state index contributed by atoms with van der Waals surface area (Å²) in [5.41, 5.74) is 2.56. The van der Waals surface area contributed by atoms with E-state index in [1.54, 1.807) is 24.3 Å². The highest BCUT2D eigenvalue weighted by atomic mass is 35.5. The van der Waals surface area contributed by atoms with Crippen LogP contribution in [0.4, 0.5) is 5.69 Å². The Bertz CT molecular complexity index is 1100. The molecule has 0 aromatic heterocycles. The molecule has 8 heteroatoms. The molecule has 0 heterocycles. The molecule has 6 nitrogen and oxygen atoms in total. The van der Waals surface area contributed by atoms with Gasteiger partial charge in [0, 0.05) is 17.3 Å². The minimum Gasteiger partial charge on any atom is -0.484 e. The van der Waals surface area contributed by atoms with Crippen LogP contribution >= 0.6 is 11.6 Å². The van der Waals surface area contributed by atoms with Gasteiger partial charge in [0.25, 0.3) is 15.9 Å². The van der Waals surface area contributed by atoms with Gasteiger partial charge in [-0.05, 0) is 61.0 Å². The van der Waals surface area contributed by atoms with Crippen LogP contribution in [0.1, 0.15) is 11.1 Å². The molecule has 156 valence electrons. The third-order valence-electron chi connectivity index (χ3n) is 4.21. The van der Waals surface area contributed by atoms with Gasteiger partial charge in [0.1, 0.15) is 5.75 Å². The summed E-state index contributed by atoms with van der Waals surface area (Å²) in [4.78, 5) is 12.0. The van der Waals surface area contributed by atoms with Crippen LogP contribution < -0.4 is 14.8 Å². The summed E-state index contributed by atoms with van der Waals surface area (Å²) in [6.45, 7) is 2.25. The van der Waals surface area contributed by atoms with E-state index in [0.29, 0.717) is 23.0 Å². The second-order valence-corrected chi connectivity index (χ2v) is 8.75. The zero-order valence-corrected chi connectivity index (χ0v) is 17.8. The SMILES string of the molecule is Cc1ccc(CNC(=O)COc2ccc(S(=O)(=O)Nc3ccc(Cl)cc3)cc2)cc1. The van der Waals surface area contributed by atoms with Crippen molar-refractivity contribution in [2.45, 2.75) is 18.4 Å². The summed E-state index contributed by atoms with van der Waals surface area (Å²) in [7, 11) is -3.74. The average Bonchev–Trinajstić information content (AvgIpc) is 2.73. The van der Waals surface area contributed by atoms with Crippen LogP contribution in [0.15, 0.2) is 77.7 Å². The van der Waals surface area contributed by atoms with Gasteiger partial charge in [0.05, 0.1) is 4.90 Å². The van der Waals surface area contributed by atoms with Gasteiger partial charge < -0.3 is 10.1 Å². The van der Waals surface area contributed by atoms with Crippen molar-refractivity contribution in [3.63, 3.8) is 0 Å². The van der Waals surface area contributed by atoms with E-state index in [1.807, 2.05) is 31.2 Å². The first kappa shape index (κ1) is 21.7. The van der Waals surface area contributed by atoms with E-state index >= 15 is 0 Å². The van der Waals surface area contributed by atoms with Crippen LogP contribution in [0.3, 0.4) is 0 Å². The second kappa shape index (κ2) is 9.65. The van der Waals surface area contributed by atoms with E-state index in [0.717, 1.165) is 11.1 Å². The molecule has 3 aromatic carbocycles. The molecule has 1 amide bonds. The van der Waals surface area contributed by atoms with E-state index in [1.165, 1.54) is 24.3 Å². The number of carbonyl (C=O) groups excluding carboxylic acids is 1. The Labute approximate surface area is 180 Å². The number of sulfonamides is 1. The molecule has 3 aromatic rings. The van der Waals surface area contributed by atoms with Crippen LogP contribution in [0.2, 0.25) is 5.02 Å². The number of hydrogen-bond acceptors (Lipinski definition) is 4. The standard InChI is InChI=1S/C22H21ClN2O4S/c1-16-2-4-17(5-3-16)14-24-22(26)15-29-20-10-12-21(13-11-20)30(27,28)25-19-8-6-18(23)7-9-19/h2-13,25H,14-15H2,1H3,(H,24,26). The van der Waals surface area contributed by atoms with Gasteiger partial charge in [0.2, 0.25) is 0 Å². The van der Waals surface area contributed by atoms with E-state index in [4.69, 9.17) is 16.3 Å². The Morgan fingerprint density at radius 3 is 2.20 bits per heavy atom. The zero-order chi connectivity index (χ0) is 21.6. The predicted molar refractivity (Wildman–Crippen MR) is 117 cm³/mol. The Morgan fingerprint density at radius 2 is 1.57 bits per heavy atom. The molecule has 0 saturated carbocycles. The highest BCUT2D eigenvalue weighted by Crippen LogP contribution is 2.20. The number of hydrogen-bond donors (Lipinski definition) is 2. The quantitative estimate of drug-likeness (QED) is 0.546. The largest absolute Gasteiger partial charge is 0.484 e. The molecule has 0 fully saturated rings. The molecule has 3 rings (SSSR count). The van der Waals surface area contributed by atoms with Gasteiger partial charge >= 0.3 is 0 Å². The van der Waals surface area contributed by atoms with Crippen molar-refractivity contribution >= 4 is 33.2 Å². The summed E-state index contributed by atoms with van der Waals surface area (Å²) < 4.78 is 32.8. The van der Waals surface area contributed by atoms with Gasteiger partial charge in [-0.25, -0.2) is 8.42 Å². The minimum absolute atomic E-state index is 0.0774. The molecule has 0 saturated heterocycles. The smallest absolute Gasteiger partial charge is 0.261 e. The van der Waals surface area contributed by atoms with Crippen LogP contribution in [-0.4, -0.2) is 20.9 Å². The second-order valence-electron chi connectivity index (χ2n) is 6.63. The molecule has 0 aliphatic carbocycles. The zero-order valence-electron chi connectivity index (χ0n) is 16.3. The van der Waals surface area contributed by atoms with Crippen molar-refractivity contribution in [2.75, 3.05) is 11.3 Å². The maximum Gasteiger partial charge on any atom is 0.261 e. The van der Waals surface area contributed by atoms with Crippen LogP contribution in [0, 0.1) is 6.92 Å². The molecular weight excluding hydrogens is 424 g/mol. The number of benzene rings is 3. The third-order valence-corrected chi connectivity index (χ3v) is 5.86. The maximum absolute atomic E-state index is 12.5. The predicted octanol–water partition coefficient (Wildman–Crippen LogP) is 4.14. The lowest BCUT2D eigenvalue weighted by Crippen LogP contribution is -2.28. The Morgan fingerprint density at radius 1 is 0.933 bits per heavy atom. The molecule has 0 atom stereocenters. The van der Waals surface area contributed by atoms with E-state index in [2.05, 4.69) is 10.0 Å². The number of ether oxygens (including phenoxy) is 1. The minimum atomic E-state index is -3.74. The van der Waals surface area contributed by atoms with Gasteiger partial charge in [0.15, 0.2) is 6.61 Å².